The molecule has 0 atom stereocenters. The average molecular weight is 259 g/mol. The van der Waals surface area contributed by atoms with E-state index in [0.717, 1.165) is 38.0 Å². The third kappa shape index (κ3) is 5.96. The SMILES string of the molecule is CCCCNC(=O)CSCC1(CC(=O)O)CC1. The summed E-state index contributed by atoms with van der Waals surface area (Å²) in [4.78, 5) is 22.0. The minimum Gasteiger partial charge on any atom is -0.481 e. The lowest BCUT2D eigenvalue weighted by Crippen LogP contribution is -2.26. The highest BCUT2D eigenvalue weighted by Gasteiger charge is 2.44. The van der Waals surface area contributed by atoms with Gasteiger partial charge in [-0.05, 0) is 30.4 Å². The van der Waals surface area contributed by atoms with Crippen LogP contribution in [-0.2, 0) is 9.59 Å². The molecule has 0 unspecified atom stereocenters. The van der Waals surface area contributed by atoms with Crippen molar-refractivity contribution in [3.63, 3.8) is 0 Å². The van der Waals surface area contributed by atoms with Crippen LogP contribution in [0.5, 0.6) is 0 Å². The third-order valence-electron chi connectivity index (χ3n) is 2.98. The maximum atomic E-state index is 11.4. The van der Waals surface area contributed by atoms with Crippen LogP contribution in [0.25, 0.3) is 0 Å². The molecule has 1 fully saturated rings. The Labute approximate surface area is 107 Å². The van der Waals surface area contributed by atoms with E-state index in [1.54, 1.807) is 11.8 Å². The molecule has 0 saturated heterocycles. The predicted molar refractivity (Wildman–Crippen MR) is 69.2 cm³/mol. The number of hydrogen-bond donors (Lipinski definition) is 2. The number of carboxylic acids is 1. The van der Waals surface area contributed by atoms with E-state index in [0.29, 0.717) is 5.75 Å². The molecule has 1 aliphatic rings. The van der Waals surface area contributed by atoms with Crippen LogP contribution in [0.4, 0.5) is 0 Å². The van der Waals surface area contributed by atoms with Gasteiger partial charge in [-0.1, -0.05) is 13.3 Å². The monoisotopic (exact) mass is 259 g/mol. The molecule has 0 spiro atoms. The molecular formula is C12H21NO3S. The van der Waals surface area contributed by atoms with E-state index in [9.17, 15) is 9.59 Å². The summed E-state index contributed by atoms with van der Waals surface area (Å²) >= 11 is 1.56. The lowest BCUT2D eigenvalue weighted by Gasteiger charge is -2.11. The molecule has 0 aromatic carbocycles. The molecule has 0 heterocycles. The van der Waals surface area contributed by atoms with E-state index in [4.69, 9.17) is 5.11 Å². The molecule has 0 aromatic rings. The van der Waals surface area contributed by atoms with Crippen LogP contribution in [0, 0.1) is 5.41 Å². The van der Waals surface area contributed by atoms with Crippen LogP contribution in [0.1, 0.15) is 39.0 Å². The van der Waals surface area contributed by atoms with E-state index < -0.39 is 5.97 Å². The maximum absolute atomic E-state index is 11.4. The summed E-state index contributed by atoms with van der Waals surface area (Å²) in [5.41, 5.74) is -0.0137. The Balaban J connectivity index is 2.07. The number of unbranched alkanes of at least 4 members (excludes halogenated alkanes) is 1. The number of hydrogen-bond acceptors (Lipinski definition) is 3. The fraction of sp³-hybridized carbons (Fsp3) is 0.833. The van der Waals surface area contributed by atoms with Crippen molar-refractivity contribution >= 4 is 23.6 Å². The van der Waals surface area contributed by atoms with Crippen molar-refractivity contribution in [2.75, 3.05) is 18.1 Å². The van der Waals surface area contributed by atoms with Gasteiger partial charge in [0.15, 0.2) is 0 Å². The molecule has 2 N–H and O–H groups in total. The van der Waals surface area contributed by atoms with Crippen LogP contribution in [-0.4, -0.2) is 35.0 Å². The van der Waals surface area contributed by atoms with Gasteiger partial charge in [0.1, 0.15) is 0 Å². The number of nitrogens with one attached hydrogen (secondary N) is 1. The first-order chi connectivity index (χ1) is 8.08. The molecular weight excluding hydrogens is 238 g/mol. The molecule has 98 valence electrons. The Kier molecular flexibility index (Phi) is 5.82. The highest BCUT2D eigenvalue weighted by atomic mass is 32.2. The first kappa shape index (κ1) is 14.4. The van der Waals surface area contributed by atoms with Crippen LogP contribution < -0.4 is 5.32 Å². The first-order valence-corrected chi connectivity index (χ1v) is 7.30. The Morgan fingerprint density at radius 2 is 2.12 bits per heavy atom. The molecule has 1 rings (SSSR count). The van der Waals surface area contributed by atoms with E-state index in [1.165, 1.54) is 0 Å². The van der Waals surface area contributed by atoms with Crippen molar-refractivity contribution in [3.05, 3.63) is 0 Å². The summed E-state index contributed by atoms with van der Waals surface area (Å²) in [7, 11) is 0. The van der Waals surface area contributed by atoms with E-state index in [1.807, 2.05) is 0 Å². The molecule has 5 heteroatoms. The minimum atomic E-state index is -0.726. The number of carboxylic acid groups (broad SMARTS) is 1. The van der Waals surface area contributed by atoms with Crippen molar-refractivity contribution in [1.29, 1.82) is 0 Å². The van der Waals surface area contributed by atoms with Crippen molar-refractivity contribution in [2.24, 2.45) is 5.41 Å². The van der Waals surface area contributed by atoms with Crippen LogP contribution >= 0.6 is 11.8 Å². The zero-order valence-electron chi connectivity index (χ0n) is 10.3. The summed E-state index contributed by atoms with van der Waals surface area (Å²) in [6.45, 7) is 2.83. The lowest BCUT2D eigenvalue weighted by molar-refractivity contribution is -0.138. The highest BCUT2D eigenvalue weighted by Crippen LogP contribution is 2.50. The van der Waals surface area contributed by atoms with Crippen molar-refractivity contribution in [2.45, 2.75) is 39.0 Å². The molecule has 17 heavy (non-hydrogen) atoms. The zero-order chi connectivity index (χ0) is 12.7. The van der Waals surface area contributed by atoms with E-state index >= 15 is 0 Å². The molecule has 1 saturated carbocycles. The smallest absolute Gasteiger partial charge is 0.303 e. The zero-order valence-corrected chi connectivity index (χ0v) is 11.1. The molecule has 1 amide bonds. The van der Waals surface area contributed by atoms with Crippen molar-refractivity contribution < 1.29 is 14.7 Å². The van der Waals surface area contributed by atoms with Crippen LogP contribution in [0.15, 0.2) is 0 Å². The highest BCUT2D eigenvalue weighted by molar-refractivity contribution is 7.99. The molecule has 0 radical (unpaired) electrons. The topological polar surface area (TPSA) is 66.4 Å². The number of carbonyl (C=O) groups is 2. The van der Waals surface area contributed by atoms with Gasteiger partial charge in [0.25, 0.3) is 0 Å². The molecule has 0 aliphatic heterocycles. The fourth-order valence-electron chi connectivity index (χ4n) is 1.69. The van der Waals surface area contributed by atoms with Gasteiger partial charge < -0.3 is 10.4 Å². The number of thioether (sulfide) groups is 1. The number of aliphatic carboxylic acids is 1. The number of amides is 1. The van der Waals surface area contributed by atoms with Gasteiger partial charge in [-0.2, -0.15) is 11.8 Å². The normalized spacial score (nSPS) is 16.5. The summed E-state index contributed by atoms with van der Waals surface area (Å²) < 4.78 is 0. The van der Waals surface area contributed by atoms with Gasteiger partial charge in [0.2, 0.25) is 5.91 Å². The minimum absolute atomic E-state index is 0.0137. The second-order valence-corrected chi connectivity index (χ2v) is 5.75. The summed E-state index contributed by atoms with van der Waals surface area (Å²) in [6, 6.07) is 0. The standard InChI is InChI=1S/C12H21NO3S/c1-2-3-6-13-10(14)8-17-9-12(4-5-12)7-11(15)16/h2-9H2,1H3,(H,13,14)(H,15,16). The average Bonchev–Trinajstić information content (AvgIpc) is 2.97. The predicted octanol–water partition coefficient (Wildman–Crippen LogP) is 1.89. The molecule has 0 bridgehead atoms. The molecule has 1 aliphatic carbocycles. The van der Waals surface area contributed by atoms with Gasteiger partial charge in [-0.3, -0.25) is 9.59 Å². The number of rotatable bonds is 9. The summed E-state index contributed by atoms with van der Waals surface area (Å²) in [6.07, 6.45) is 4.32. The van der Waals surface area contributed by atoms with Crippen molar-refractivity contribution in [3.8, 4) is 0 Å². The van der Waals surface area contributed by atoms with Crippen LogP contribution in [0.2, 0.25) is 0 Å². The lowest BCUT2D eigenvalue weighted by atomic mass is 10.1. The number of carbonyl (C=O) groups excluding carboxylic acids is 1. The van der Waals surface area contributed by atoms with Gasteiger partial charge in [-0.25, -0.2) is 0 Å². The maximum Gasteiger partial charge on any atom is 0.303 e. The Bertz CT molecular complexity index is 277. The fourth-order valence-corrected chi connectivity index (χ4v) is 2.90. The first-order valence-electron chi connectivity index (χ1n) is 6.14. The quantitative estimate of drug-likeness (QED) is 0.621. The Morgan fingerprint density at radius 3 is 2.65 bits per heavy atom. The molecule has 4 nitrogen and oxygen atoms in total. The Morgan fingerprint density at radius 1 is 1.41 bits per heavy atom. The summed E-state index contributed by atoms with van der Waals surface area (Å²) in [5.74, 6) is 0.580. The Hall–Kier alpha value is -0.710. The second kappa shape index (κ2) is 6.89. The van der Waals surface area contributed by atoms with Crippen LogP contribution in [0.3, 0.4) is 0 Å². The van der Waals surface area contributed by atoms with E-state index in [-0.39, 0.29) is 17.7 Å². The van der Waals surface area contributed by atoms with Gasteiger partial charge in [-0.15, -0.1) is 0 Å². The van der Waals surface area contributed by atoms with E-state index in [2.05, 4.69) is 12.2 Å². The van der Waals surface area contributed by atoms with Gasteiger partial charge in [0, 0.05) is 6.54 Å². The van der Waals surface area contributed by atoms with Gasteiger partial charge >= 0.3 is 5.97 Å². The van der Waals surface area contributed by atoms with Gasteiger partial charge in [0.05, 0.1) is 12.2 Å². The largest absolute Gasteiger partial charge is 0.481 e. The summed E-state index contributed by atoms with van der Waals surface area (Å²) in [5, 5.41) is 11.6. The third-order valence-corrected chi connectivity index (χ3v) is 4.26. The molecule has 0 aromatic heterocycles. The second-order valence-electron chi connectivity index (χ2n) is 4.77. The van der Waals surface area contributed by atoms with Crippen molar-refractivity contribution in [1.82, 2.24) is 5.32 Å².